The van der Waals surface area contributed by atoms with Crippen molar-refractivity contribution in [2.75, 3.05) is 0 Å². The predicted molar refractivity (Wildman–Crippen MR) is 69.2 cm³/mol. The first-order valence-electron chi connectivity index (χ1n) is 6.39. The average molecular weight is 483 g/mol. The van der Waals surface area contributed by atoms with Crippen LogP contribution in [0, 0.1) is 58.2 Å². The second kappa shape index (κ2) is 6.36. The molecule has 0 bridgehead atoms. The van der Waals surface area contributed by atoms with Crippen LogP contribution in [0.3, 0.4) is 0 Å². The molecule has 0 aliphatic carbocycles. The quantitative estimate of drug-likeness (QED) is 0.264. The van der Waals surface area contributed by atoms with Crippen LogP contribution in [0.5, 0.6) is 0 Å². The van der Waals surface area contributed by atoms with Gasteiger partial charge in [-0.3, -0.25) is 0 Å². The molecule has 2 aromatic rings. The van der Waals surface area contributed by atoms with Crippen molar-refractivity contribution in [3.8, 4) is 0 Å². The fourth-order valence-corrected chi connectivity index (χ4v) is 10.7. The van der Waals surface area contributed by atoms with Gasteiger partial charge in [0.15, 0.2) is 0 Å². The Hall–Kier alpha value is -1.46. The molecule has 0 aliphatic rings. The van der Waals surface area contributed by atoms with Gasteiger partial charge in [0.2, 0.25) is 0 Å². The van der Waals surface area contributed by atoms with Crippen molar-refractivity contribution in [3.63, 3.8) is 0 Å². The Bertz CT molecular complexity index is 761. The van der Waals surface area contributed by atoms with E-state index in [1.807, 2.05) is 0 Å². The van der Waals surface area contributed by atoms with Gasteiger partial charge in [0, 0.05) is 0 Å². The number of hydrogen-bond acceptors (Lipinski definition) is 0. The van der Waals surface area contributed by atoms with Gasteiger partial charge in [0.05, 0.1) is 0 Å². The monoisotopic (exact) mass is 484 g/mol. The summed E-state index contributed by atoms with van der Waals surface area (Å²) in [6.45, 7) is 0. The van der Waals surface area contributed by atoms with E-state index in [0.717, 1.165) is 9.88 Å². The maximum absolute atomic E-state index is 14.0. The van der Waals surface area contributed by atoms with Crippen molar-refractivity contribution < 1.29 is 43.9 Å². The molecule has 0 aromatic heterocycles. The molecular formula is C14H6F10Sn. The van der Waals surface area contributed by atoms with Crippen molar-refractivity contribution in [2.24, 2.45) is 0 Å². The molecule has 0 amide bonds. The third kappa shape index (κ3) is 2.77. The van der Waals surface area contributed by atoms with Crippen molar-refractivity contribution in [1.82, 2.24) is 0 Å². The first kappa shape index (κ1) is 19.9. The van der Waals surface area contributed by atoms with Gasteiger partial charge in [0.1, 0.15) is 0 Å². The fourth-order valence-electron chi connectivity index (χ4n) is 2.43. The van der Waals surface area contributed by atoms with Gasteiger partial charge in [-0.1, -0.05) is 0 Å². The van der Waals surface area contributed by atoms with E-state index in [1.165, 1.54) is 0 Å². The van der Waals surface area contributed by atoms with Crippen LogP contribution in [0.1, 0.15) is 0 Å². The van der Waals surface area contributed by atoms with E-state index in [2.05, 4.69) is 0 Å². The zero-order chi connectivity index (χ0) is 19.4. The predicted octanol–water partition coefficient (Wildman–Crippen LogP) is 3.90. The molecule has 0 unspecified atom stereocenters. The molecule has 0 atom stereocenters. The molecule has 11 heteroatoms. The summed E-state index contributed by atoms with van der Waals surface area (Å²) in [4.78, 5) is 1.51. The Morgan fingerprint density at radius 1 is 0.360 bits per heavy atom. The van der Waals surface area contributed by atoms with Gasteiger partial charge in [0.25, 0.3) is 0 Å². The molecule has 2 aromatic carbocycles. The molecule has 0 fully saturated rings. The first-order chi connectivity index (χ1) is 11.4. The molecule has 0 heterocycles. The zero-order valence-electron chi connectivity index (χ0n) is 12.3. The van der Waals surface area contributed by atoms with Gasteiger partial charge in [-0.2, -0.15) is 0 Å². The summed E-state index contributed by atoms with van der Waals surface area (Å²) in [5.41, 5.74) is 0. The summed E-state index contributed by atoms with van der Waals surface area (Å²) in [5.74, 6) is -23.9. The van der Waals surface area contributed by atoms with Crippen molar-refractivity contribution in [2.45, 2.75) is 9.88 Å². The molecule has 25 heavy (non-hydrogen) atoms. The third-order valence-corrected chi connectivity index (χ3v) is 13.3. The summed E-state index contributed by atoms with van der Waals surface area (Å²) in [7, 11) is 0. The number of hydrogen-bond donors (Lipinski definition) is 0. The SMILES string of the molecule is [CH3][Sn]([CH3])([c]1c(F)c(F)c(F)c(F)c1F)[c]1c(F)c(F)c(F)c(F)c1F. The van der Waals surface area contributed by atoms with Gasteiger partial charge >= 0.3 is 137 Å². The zero-order valence-corrected chi connectivity index (χ0v) is 15.1. The minimum absolute atomic E-state index is 0.755. The minimum atomic E-state index is -5.52. The fraction of sp³-hybridized carbons (Fsp3) is 0.143. The Morgan fingerprint density at radius 3 is 0.720 bits per heavy atom. The Morgan fingerprint density at radius 2 is 0.520 bits per heavy atom. The topological polar surface area (TPSA) is 0 Å². The third-order valence-electron chi connectivity index (χ3n) is 3.67. The van der Waals surface area contributed by atoms with Crippen LogP contribution in [0.2, 0.25) is 9.88 Å². The molecule has 0 spiro atoms. The molecule has 136 valence electrons. The van der Waals surface area contributed by atoms with E-state index >= 15 is 0 Å². The summed E-state index contributed by atoms with van der Waals surface area (Å²) in [5, 5.41) is 0. The summed E-state index contributed by atoms with van der Waals surface area (Å²) >= 11 is -5.52. The van der Waals surface area contributed by atoms with Crippen LogP contribution in [-0.4, -0.2) is 18.4 Å². The Kier molecular flexibility index (Phi) is 5.05. The van der Waals surface area contributed by atoms with Crippen LogP contribution in [0.4, 0.5) is 43.9 Å². The second-order valence-electron chi connectivity index (χ2n) is 5.51. The molecular weight excluding hydrogens is 477 g/mol. The molecule has 0 radical (unpaired) electrons. The molecule has 0 nitrogen and oxygen atoms in total. The van der Waals surface area contributed by atoms with Crippen molar-refractivity contribution in [3.05, 3.63) is 58.2 Å². The van der Waals surface area contributed by atoms with E-state index in [4.69, 9.17) is 0 Å². The molecule has 0 N–H and O–H groups in total. The Labute approximate surface area is 137 Å². The van der Waals surface area contributed by atoms with E-state index < -0.39 is 83.7 Å². The van der Waals surface area contributed by atoms with Gasteiger partial charge in [-0.15, -0.1) is 0 Å². The van der Waals surface area contributed by atoms with Crippen molar-refractivity contribution >= 4 is 25.5 Å². The summed E-state index contributed by atoms with van der Waals surface area (Å²) < 4.78 is 132. The van der Waals surface area contributed by atoms with Gasteiger partial charge < -0.3 is 0 Å². The summed E-state index contributed by atoms with van der Waals surface area (Å²) in [6, 6.07) is 0. The van der Waals surface area contributed by atoms with Gasteiger partial charge in [-0.05, 0) is 0 Å². The Balaban J connectivity index is 2.96. The first-order valence-corrected chi connectivity index (χ1v) is 15.0. The normalized spacial score (nSPS) is 12.0. The van der Waals surface area contributed by atoms with E-state index in [0.29, 0.717) is 0 Å². The van der Waals surface area contributed by atoms with Crippen molar-refractivity contribution in [1.29, 1.82) is 0 Å². The molecule has 2 rings (SSSR count). The number of rotatable bonds is 2. The van der Waals surface area contributed by atoms with E-state index in [-0.39, 0.29) is 0 Å². The standard InChI is InChI=1S/2C6F5.2CH3.Sn/c2*7-2-1-3(8)5(10)6(11)4(2)9;;;/h;;2*1H3;. The molecule has 0 saturated heterocycles. The second-order valence-corrected chi connectivity index (χ2v) is 17.6. The van der Waals surface area contributed by atoms with Crippen LogP contribution < -0.4 is 7.16 Å². The number of halogens is 10. The average Bonchev–Trinajstić information content (AvgIpc) is 2.54. The van der Waals surface area contributed by atoms with Crippen LogP contribution >= 0.6 is 0 Å². The molecule has 0 aliphatic heterocycles. The number of benzene rings is 2. The summed E-state index contributed by atoms with van der Waals surface area (Å²) in [6.07, 6.45) is 0. The molecule has 0 saturated carbocycles. The van der Waals surface area contributed by atoms with E-state index in [1.54, 1.807) is 0 Å². The van der Waals surface area contributed by atoms with Crippen LogP contribution in [0.25, 0.3) is 0 Å². The van der Waals surface area contributed by atoms with Gasteiger partial charge in [-0.25, -0.2) is 0 Å². The maximum atomic E-state index is 14.0. The van der Waals surface area contributed by atoms with Crippen LogP contribution in [-0.2, 0) is 0 Å². The van der Waals surface area contributed by atoms with Crippen LogP contribution in [0.15, 0.2) is 0 Å². The van der Waals surface area contributed by atoms with E-state index in [9.17, 15) is 43.9 Å².